The smallest absolute Gasteiger partial charge is 0.155 e. The van der Waals surface area contributed by atoms with Crippen LogP contribution in [0, 0.1) is 11.8 Å². The zero-order valence-electron chi connectivity index (χ0n) is 10.4. The van der Waals surface area contributed by atoms with E-state index in [1.54, 1.807) is 6.20 Å². The van der Waals surface area contributed by atoms with Crippen molar-refractivity contribution in [3.63, 3.8) is 0 Å². The predicted molar refractivity (Wildman–Crippen MR) is 74.3 cm³/mol. The fraction of sp³-hybridized carbons (Fsp3) is 0.538. The van der Waals surface area contributed by atoms with Gasteiger partial charge in [-0.15, -0.1) is 0 Å². The highest BCUT2D eigenvalue weighted by atomic mass is 79.9. The van der Waals surface area contributed by atoms with Crippen molar-refractivity contribution in [2.45, 2.75) is 26.3 Å². The van der Waals surface area contributed by atoms with Crippen LogP contribution in [-0.2, 0) is 6.54 Å². The third-order valence-corrected chi connectivity index (χ3v) is 4.05. The van der Waals surface area contributed by atoms with Gasteiger partial charge in [-0.05, 0) is 47.2 Å². The van der Waals surface area contributed by atoms with E-state index in [-0.39, 0.29) is 0 Å². The second kappa shape index (κ2) is 4.97. The predicted octanol–water partition coefficient (Wildman–Crippen LogP) is 2.63. The lowest BCUT2D eigenvalue weighted by Gasteiger charge is -2.11. The minimum atomic E-state index is 0.789. The van der Waals surface area contributed by atoms with Crippen LogP contribution in [0.3, 0.4) is 0 Å². The van der Waals surface area contributed by atoms with Crippen molar-refractivity contribution < 1.29 is 0 Å². The number of rotatable bonds is 5. The minimum Gasteiger partial charge on any atom is -0.311 e. The highest BCUT2D eigenvalue weighted by Crippen LogP contribution is 2.36. The number of nitrogens with zero attached hydrogens (tertiary/aromatic N) is 3. The van der Waals surface area contributed by atoms with Crippen molar-refractivity contribution in [1.82, 2.24) is 19.7 Å². The van der Waals surface area contributed by atoms with Gasteiger partial charge in [-0.3, -0.25) is 4.40 Å². The van der Waals surface area contributed by atoms with Gasteiger partial charge in [0.05, 0.1) is 18.1 Å². The first kappa shape index (κ1) is 12.1. The molecule has 5 heteroatoms. The average molecular weight is 309 g/mol. The summed E-state index contributed by atoms with van der Waals surface area (Å²) in [6, 6.07) is 0. The topological polar surface area (TPSA) is 42.2 Å². The van der Waals surface area contributed by atoms with Gasteiger partial charge in [-0.1, -0.05) is 6.92 Å². The zero-order valence-corrected chi connectivity index (χ0v) is 12.0. The lowest BCUT2D eigenvalue weighted by molar-refractivity contribution is 0.459. The fourth-order valence-corrected chi connectivity index (χ4v) is 2.61. The summed E-state index contributed by atoms with van der Waals surface area (Å²) < 4.78 is 2.91. The molecular formula is C13H17BrN4. The van der Waals surface area contributed by atoms with Crippen molar-refractivity contribution >= 4 is 21.6 Å². The maximum absolute atomic E-state index is 4.34. The molecule has 2 aromatic rings. The summed E-state index contributed by atoms with van der Waals surface area (Å²) in [5, 5.41) is 3.52. The van der Waals surface area contributed by atoms with Crippen LogP contribution < -0.4 is 5.32 Å². The quantitative estimate of drug-likeness (QED) is 0.923. The normalized spacial score (nSPS) is 17.2. The maximum atomic E-state index is 4.34. The van der Waals surface area contributed by atoms with E-state index >= 15 is 0 Å². The molecule has 1 saturated carbocycles. The van der Waals surface area contributed by atoms with Gasteiger partial charge in [-0.2, -0.15) is 0 Å². The van der Waals surface area contributed by atoms with Crippen molar-refractivity contribution in [2.24, 2.45) is 11.8 Å². The Kier molecular flexibility index (Phi) is 3.35. The molecule has 3 rings (SSSR count). The van der Waals surface area contributed by atoms with E-state index in [0.29, 0.717) is 0 Å². The van der Waals surface area contributed by atoms with Gasteiger partial charge in [0.25, 0.3) is 0 Å². The van der Waals surface area contributed by atoms with Crippen LogP contribution >= 0.6 is 15.9 Å². The van der Waals surface area contributed by atoms with Crippen LogP contribution in [0.2, 0.25) is 0 Å². The fourth-order valence-electron chi connectivity index (χ4n) is 2.31. The van der Waals surface area contributed by atoms with Gasteiger partial charge in [-0.25, -0.2) is 9.97 Å². The molecule has 96 valence electrons. The van der Waals surface area contributed by atoms with Crippen molar-refractivity contribution in [1.29, 1.82) is 0 Å². The zero-order chi connectivity index (χ0) is 12.5. The number of aromatic nitrogens is 3. The number of halogens is 1. The molecule has 18 heavy (non-hydrogen) atoms. The second-order valence-corrected chi connectivity index (χ2v) is 5.95. The SMILES string of the molecule is CC(CNCc1cnc2cnc(Br)cn12)C1CC1. The Hall–Kier alpha value is -0.940. The van der Waals surface area contributed by atoms with Crippen LogP contribution in [0.15, 0.2) is 23.2 Å². The molecule has 1 aliphatic carbocycles. The molecule has 2 aromatic heterocycles. The van der Waals surface area contributed by atoms with Crippen molar-refractivity contribution in [2.75, 3.05) is 6.54 Å². The van der Waals surface area contributed by atoms with E-state index in [0.717, 1.165) is 35.2 Å². The van der Waals surface area contributed by atoms with Gasteiger partial charge in [0.15, 0.2) is 5.65 Å². The van der Waals surface area contributed by atoms with E-state index in [1.165, 1.54) is 18.5 Å². The molecule has 0 radical (unpaired) electrons. The van der Waals surface area contributed by atoms with Gasteiger partial charge < -0.3 is 5.32 Å². The Balaban J connectivity index is 1.64. The molecule has 1 fully saturated rings. The summed E-state index contributed by atoms with van der Waals surface area (Å²) in [4.78, 5) is 8.52. The summed E-state index contributed by atoms with van der Waals surface area (Å²) >= 11 is 3.39. The van der Waals surface area contributed by atoms with Gasteiger partial charge in [0.1, 0.15) is 4.60 Å². The molecule has 1 atom stereocenters. The Morgan fingerprint density at radius 3 is 3.06 bits per heavy atom. The molecule has 0 bridgehead atoms. The number of imidazole rings is 1. The molecule has 1 unspecified atom stereocenters. The summed E-state index contributed by atoms with van der Waals surface area (Å²) in [7, 11) is 0. The number of hydrogen-bond donors (Lipinski definition) is 1. The van der Waals surface area contributed by atoms with E-state index in [2.05, 4.69) is 42.5 Å². The van der Waals surface area contributed by atoms with Crippen LogP contribution in [0.4, 0.5) is 0 Å². The number of nitrogens with one attached hydrogen (secondary N) is 1. The molecule has 1 aliphatic rings. The molecule has 1 N–H and O–H groups in total. The summed E-state index contributed by atoms with van der Waals surface area (Å²) in [6.07, 6.45) is 8.48. The number of fused-ring (bicyclic) bond motifs is 1. The van der Waals surface area contributed by atoms with Crippen LogP contribution in [0.25, 0.3) is 5.65 Å². The van der Waals surface area contributed by atoms with Gasteiger partial charge in [0, 0.05) is 12.7 Å². The Morgan fingerprint density at radius 2 is 2.28 bits per heavy atom. The molecule has 0 aromatic carbocycles. The Labute approximate surface area is 115 Å². The maximum Gasteiger partial charge on any atom is 0.155 e. The Morgan fingerprint density at radius 1 is 1.44 bits per heavy atom. The molecule has 0 spiro atoms. The lowest BCUT2D eigenvalue weighted by atomic mass is 10.1. The molecule has 4 nitrogen and oxygen atoms in total. The molecule has 2 heterocycles. The first-order valence-electron chi connectivity index (χ1n) is 6.42. The monoisotopic (exact) mass is 308 g/mol. The van der Waals surface area contributed by atoms with Gasteiger partial charge >= 0.3 is 0 Å². The molecular weight excluding hydrogens is 292 g/mol. The summed E-state index contributed by atoms with van der Waals surface area (Å²) in [5.41, 5.74) is 2.07. The third kappa shape index (κ3) is 2.57. The highest BCUT2D eigenvalue weighted by molar-refractivity contribution is 9.10. The van der Waals surface area contributed by atoms with Crippen molar-refractivity contribution in [3.8, 4) is 0 Å². The van der Waals surface area contributed by atoms with E-state index < -0.39 is 0 Å². The highest BCUT2D eigenvalue weighted by Gasteiger charge is 2.27. The second-order valence-electron chi connectivity index (χ2n) is 5.13. The van der Waals surface area contributed by atoms with E-state index in [1.807, 2.05) is 12.4 Å². The van der Waals surface area contributed by atoms with E-state index in [4.69, 9.17) is 0 Å². The van der Waals surface area contributed by atoms with E-state index in [9.17, 15) is 0 Å². The van der Waals surface area contributed by atoms with Gasteiger partial charge in [0.2, 0.25) is 0 Å². The first-order chi connectivity index (χ1) is 8.74. The molecule has 0 saturated heterocycles. The standard InChI is InChI=1S/C13H17BrN4/c1-9(10-2-3-10)4-15-5-11-6-17-13-7-16-12(14)8-18(11)13/h6-10,15H,2-5H2,1H3. The minimum absolute atomic E-state index is 0.789. The summed E-state index contributed by atoms with van der Waals surface area (Å²) in [5.74, 6) is 1.75. The first-order valence-corrected chi connectivity index (χ1v) is 7.21. The van der Waals surface area contributed by atoms with Crippen LogP contribution in [0.1, 0.15) is 25.5 Å². The third-order valence-electron chi connectivity index (χ3n) is 3.64. The summed E-state index contributed by atoms with van der Waals surface area (Å²) in [6.45, 7) is 4.28. The molecule has 0 aliphatic heterocycles. The van der Waals surface area contributed by atoms with Crippen LogP contribution in [0.5, 0.6) is 0 Å². The number of hydrogen-bond acceptors (Lipinski definition) is 3. The average Bonchev–Trinajstić information content (AvgIpc) is 3.13. The lowest BCUT2D eigenvalue weighted by Crippen LogP contribution is -2.22. The van der Waals surface area contributed by atoms with Crippen molar-refractivity contribution in [3.05, 3.63) is 28.9 Å². The van der Waals surface area contributed by atoms with Crippen LogP contribution in [-0.4, -0.2) is 20.9 Å². The largest absolute Gasteiger partial charge is 0.311 e. The Bertz CT molecular complexity index is 547. The molecule has 0 amide bonds.